The zero-order valence-corrected chi connectivity index (χ0v) is 8.16. The number of nitrogens with one attached hydrogen (secondary N) is 3. The molecule has 0 atom stereocenters. The Bertz CT molecular complexity index is 832. The Balaban J connectivity index is 3.23. The Morgan fingerprint density at radius 1 is 1.06 bits per heavy atom. The van der Waals surface area contributed by atoms with Crippen LogP contribution in [0.25, 0.3) is 11.2 Å². The molecule has 2 aromatic heterocycles. The Morgan fingerprint density at radius 3 is 2.25 bits per heavy atom. The number of fused-ring (bicyclic) bond motifs is 1. The summed E-state index contributed by atoms with van der Waals surface area (Å²) in [7, 11) is -4.92. The highest BCUT2D eigenvalue weighted by Gasteiger charge is 2.18. The van der Waals surface area contributed by atoms with E-state index in [1.807, 2.05) is 9.97 Å². The van der Waals surface area contributed by atoms with E-state index >= 15 is 0 Å². The molecule has 2 rings (SSSR count). The molecule has 0 fully saturated rings. The number of hydrogen-bond acceptors (Lipinski definition) is 5. The van der Waals surface area contributed by atoms with Crippen LogP contribution in [-0.4, -0.2) is 31.9 Å². The summed E-state index contributed by atoms with van der Waals surface area (Å²) >= 11 is 0. The third kappa shape index (κ3) is 1.38. The average molecular weight is 248 g/mol. The molecule has 4 N–H and O–H groups in total. The lowest BCUT2D eigenvalue weighted by atomic mass is 10.5. The van der Waals surface area contributed by atoms with Gasteiger partial charge in [-0.1, -0.05) is 0 Å². The van der Waals surface area contributed by atoms with E-state index in [1.54, 1.807) is 4.98 Å². The van der Waals surface area contributed by atoms with Gasteiger partial charge in [-0.25, -0.2) is 9.59 Å². The molecule has 0 aliphatic rings. The number of hydrogen-bond donors (Lipinski definition) is 4. The van der Waals surface area contributed by atoms with Crippen LogP contribution >= 0.6 is 0 Å². The second kappa shape index (κ2) is 2.93. The molecule has 0 radical (unpaired) electrons. The Labute approximate surface area is 85.4 Å². The number of aromatic amines is 3. The highest BCUT2D eigenvalue weighted by atomic mass is 32.2. The van der Waals surface area contributed by atoms with E-state index in [2.05, 4.69) is 0 Å². The van der Waals surface area contributed by atoms with Crippen molar-refractivity contribution < 1.29 is 13.0 Å². The summed E-state index contributed by atoms with van der Waals surface area (Å²) in [6.45, 7) is 0. The van der Waals surface area contributed by atoms with Gasteiger partial charge in [0.25, 0.3) is 5.56 Å². The SMILES string of the molecule is O=c1[nH]c2c(=O)[nH]c(=O)n(S(=O)(=O)O)c2[nH]1. The monoisotopic (exact) mass is 248 g/mol. The van der Waals surface area contributed by atoms with Crippen molar-refractivity contribution in [2.45, 2.75) is 0 Å². The van der Waals surface area contributed by atoms with E-state index in [0.717, 1.165) is 0 Å². The molecule has 0 aliphatic carbocycles. The van der Waals surface area contributed by atoms with E-state index in [4.69, 9.17) is 4.55 Å². The highest BCUT2D eigenvalue weighted by Crippen LogP contribution is 1.99. The summed E-state index contributed by atoms with van der Waals surface area (Å²) in [6, 6.07) is 0. The fourth-order valence-electron chi connectivity index (χ4n) is 1.22. The van der Waals surface area contributed by atoms with Gasteiger partial charge in [-0.15, -0.1) is 3.97 Å². The minimum Gasteiger partial charge on any atom is -0.300 e. The molecule has 0 unspecified atom stereocenters. The molecule has 0 spiro atoms. The third-order valence-electron chi connectivity index (χ3n) is 1.77. The predicted molar refractivity (Wildman–Crippen MR) is 50.7 cm³/mol. The standard InChI is InChI=1S/C5H4N4O6S/c10-3-1-2(7-4(11)6-1)9(5(12)8-3)16(13,14)15/h(H2,6,7,11)(H,8,10,12)(H,13,14,15). The summed E-state index contributed by atoms with van der Waals surface area (Å²) in [5.41, 5.74) is -4.32. The van der Waals surface area contributed by atoms with Gasteiger partial charge in [-0.3, -0.25) is 24.3 Å². The number of imidazole rings is 1. The van der Waals surface area contributed by atoms with Crippen LogP contribution in [0.4, 0.5) is 0 Å². The molecule has 2 aromatic rings. The van der Waals surface area contributed by atoms with Crippen molar-refractivity contribution in [1.82, 2.24) is 18.9 Å². The molecular weight excluding hydrogens is 244 g/mol. The maximum absolute atomic E-state index is 11.2. The first-order chi connectivity index (χ1) is 7.30. The fourth-order valence-corrected chi connectivity index (χ4v) is 1.85. The molecule has 16 heavy (non-hydrogen) atoms. The van der Waals surface area contributed by atoms with Crippen molar-refractivity contribution in [2.24, 2.45) is 0 Å². The molecule has 0 aliphatic heterocycles. The van der Waals surface area contributed by atoms with Gasteiger partial charge in [-0.05, 0) is 0 Å². The van der Waals surface area contributed by atoms with Crippen LogP contribution in [0.1, 0.15) is 0 Å². The highest BCUT2D eigenvalue weighted by molar-refractivity contribution is 7.84. The van der Waals surface area contributed by atoms with Crippen molar-refractivity contribution in [2.75, 3.05) is 0 Å². The molecule has 0 aromatic carbocycles. The lowest BCUT2D eigenvalue weighted by Gasteiger charge is -2.00. The minimum atomic E-state index is -4.92. The van der Waals surface area contributed by atoms with Gasteiger partial charge in [-0.2, -0.15) is 8.42 Å². The maximum atomic E-state index is 11.2. The van der Waals surface area contributed by atoms with Crippen LogP contribution in [0.3, 0.4) is 0 Å². The topological polar surface area (TPSA) is 158 Å². The molecule has 0 bridgehead atoms. The van der Waals surface area contributed by atoms with Crippen molar-refractivity contribution in [3.63, 3.8) is 0 Å². The van der Waals surface area contributed by atoms with Crippen molar-refractivity contribution in [3.8, 4) is 0 Å². The van der Waals surface area contributed by atoms with Gasteiger partial charge >= 0.3 is 21.7 Å². The van der Waals surface area contributed by atoms with E-state index < -0.39 is 38.4 Å². The van der Waals surface area contributed by atoms with Crippen molar-refractivity contribution in [3.05, 3.63) is 31.3 Å². The first-order valence-corrected chi connectivity index (χ1v) is 5.16. The number of aromatic nitrogens is 4. The molecule has 11 heteroatoms. The van der Waals surface area contributed by atoms with Crippen molar-refractivity contribution in [1.29, 1.82) is 0 Å². The van der Waals surface area contributed by atoms with Crippen LogP contribution < -0.4 is 16.9 Å². The lowest BCUT2D eigenvalue weighted by Crippen LogP contribution is -2.34. The van der Waals surface area contributed by atoms with Gasteiger partial charge in [0.2, 0.25) is 0 Å². The Morgan fingerprint density at radius 2 is 1.69 bits per heavy atom. The van der Waals surface area contributed by atoms with E-state index in [1.165, 1.54) is 0 Å². The lowest BCUT2D eigenvalue weighted by molar-refractivity contribution is 0.471. The fraction of sp³-hybridized carbons (Fsp3) is 0. The van der Waals surface area contributed by atoms with Gasteiger partial charge < -0.3 is 0 Å². The largest absolute Gasteiger partial charge is 0.369 e. The summed E-state index contributed by atoms with van der Waals surface area (Å²) < 4.78 is 30.3. The minimum absolute atomic E-state index is 0.137. The number of nitrogens with zero attached hydrogens (tertiary/aromatic N) is 1. The van der Waals surface area contributed by atoms with E-state index in [-0.39, 0.29) is 3.97 Å². The molecular formula is C5H4N4O6S. The normalized spacial score (nSPS) is 12.1. The molecule has 0 saturated heterocycles. The van der Waals surface area contributed by atoms with Crippen LogP contribution in [-0.2, 0) is 10.3 Å². The van der Waals surface area contributed by atoms with Crippen LogP contribution in [0.5, 0.6) is 0 Å². The second-order valence-corrected chi connectivity index (χ2v) is 4.07. The van der Waals surface area contributed by atoms with Gasteiger partial charge in [0, 0.05) is 0 Å². The quantitative estimate of drug-likeness (QED) is 0.404. The molecule has 10 nitrogen and oxygen atoms in total. The summed E-state index contributed by atoms with van der Waals surface area (Å²) in [6.07, 6.45) is 0. The molecule has 86 valence electrons. The van der Waals surface area contributed by atoms with Crippen LogP contribution in [0.15, 0.2) is 14.4 Å². The molecule has 0 saturated carbocycles. The zero-order valence-electron chi connectivity index (χ0n) is 7.34. The summed E-state index contributed by atoms with van der Waals surface area (Å²) in [5, 5.41) is 0. The number of rotatable bonds is 1. The Hall–Kier alpha value is -2.14. The first-order valence-electron chi connectivity index (χ1n) is 3.76. The first kappa shape index (κ1) is 10.4. The Kier molecular flexibility index (Phi) is 1.90. The molecule has 0 amide bonds. The van der Waals surface area contributed by atoms with Crippen LogP contribution in [0, 0.1) is 0 Å². The van der Waals surface area contributed by atoms with E-state index in [0.29, 0.717) is 0 Å². The summed E-state index contributed by atoms with van der Waals surface area (Å²) in [4.78, 5) is 38.7. The molecule has 2 heterocycles. The average Bonchev–Trinajstić information content (AvgIpc) is 2.43. The smallest absolute Gasteiger partial charge is 0.300 e. The van der Waals surface area contributed by atoms with Crippen LogP contribution in [0.2, 0.25) is 0 Å². The van der Waals surface area contributed by atoms with Gasteiger partial charge in [0.1, 0.15) is 0 Å². The summed E-state index contributed by atoms with van der Waals surface area (Å²) in [5.74, 6) is 0. The van der Waals surface area contributed by atoms with Gasteiger partial charge in [0.15, 0.2) is 11.2 Å². The predicted octanol–water partition coefficient (Wildman–Crippen LogP) is -2.64. The third-order valence-corrected chi connectivity index (χ3v) is 2.58. The second-order valence-electron chi connectivity index (χ2n) is 2.80. The van der Waals surface area contributed by atoms with Gasteiger partial charge in [0.05, 0.1) is 0 Å². The number of H-pyrrole nitrogens is 3. The maximum Gasteiger partial charge on any atom is 0.369 e. The van der Waals surface area contributed by atoms with Crippen molar-refractivity contribution >= 4 is 21.5 Å². The van der Waals surface area contributed by atoms with E-state index in [9.17, 15) is 22.8 Å². The zero-order chi connectivity index (χ0) is 12.1.